The fourth-order valence-corrected chi connectivity index (χ4v) is 1.63. The third-order valence-corrected chi connectivity index (χ3v) is 2.63. The molecule has 1 heterocycles. The molecule has 1 aromatic carbocycles. The third kappa shape index (κ3) is 2.81. The summed E-state index contributed by atoms with van der Waals surface area (Å²) in [6.45, 7) is 1.84. The molecule has 1 aromatic heterocycles. The monoisotopic (exact) mass is 261 g/mol. The van der Waals surface area contributed by atoms with E-state index in [2.05, 4.69) is 10.3 Å². The molecule has 0 unspecified atom stereocenters. The lowest BCUT2D eigenvalue weighted by Crippen LogP contribution is -2.11. The van der Waals surface area contributed by atoms with Crippen LogP contribution in [0.15, 0.2) is 36.5 Å². The Morgan fingerprint density at radius 2 is 2.11 bits per heavy atom. The first-order chi connectivity index (χ1) is 8.56. The number of nitrogens with two attached hydrogens (primary N) is 1. The molecule has 0 aliphatic rings. The maximum Gasteiger partial charge on any atom is 0.146 e. The molecule has 0 saturated carbocycles. The van der Waals surface area contributed by atoms with E-state index in [4.69, 9.17) is 18.0 Å². The number of aromatic nitrogens is 1. The number of pyridine rings is 1. The van der Waals surface area contributed by atoms with Gasteiger partial charge in [0.05, 0.1) is 11.4 Å². The number of rotatable bonds is 3. The number of hydrogen-bond acceptors (Lipinski definition) is 3. The molecule has 3 N–H and O–H groups in total. The van der Waals surface area contributed by atoms with Gasteiger partial charge in [-0.15, -0.1) is 0 Å². The Bertz CT molecular complexity index is 599. The van der Waals surface area contributed by atoms with Crippen LogP contribution in [0.2, 0.25) is 0 Å². The molecule has 0 atom stereocenters. The van der Waals surface area contributed by atoms with Gasteiger partial charge in [0.2, 0.25) is 0 Å². The van der Waals surface area contributed by atoms with E-state index in [1.54, 1.807) is 24.4 Å². The minimum atomic E-state index is -0.302. The van der Waals surface area contributed by atoms with Gasteiger partial charge in [0, 0.05) is 11.9 Å². The molecule has 92 valence electrons. The number of nitrogens with zero attached hydrogens (tertiary/aromatic N) is 1. The molecule has 5 heteroatoms. The minimum absolute atomic E-state index is 0.211. The fourth-order valence-electron chi connectivity index (χ4n) is 1.52. The van der Waals surface area contributed by atoms with E-state index < -0.39 is 0 Å². The SMILES string of the molecule is Cc1ccc(Nc2ccnc(C(N)=S)c2)c(F)c1. The van der Waals surface area contributed by atoms with E-state index >= 15 is 0 Å². The molecule has 0 aliphatic carbocycles. The topological polar surface area (TPSA) is 50.9 Å². The first-order valence-electron chi connectivity index (χ1n) is 5.35. The van der Waals surface area contributed by atoms with Crippen LogP contribution in [0.4, 0.5) is 15.8 Å². The van der Waals surface area contributed by atoms with Gasteiger partial charge < -0.3 is 11.1 Å². The lowest BCUT2D eigenvalue weighted by Gasteiger charge is -2.09. The van der Waals surface area contributed by atoms with Gasteiger partial charge in [0.1, 0.15) is 10.8 Å². The van der Waals surface area contributed by atoms with E-state index in [0.717, 1.165) is 5.56 Å². The van der Waals surface area contributed by atoms with E-state index in [-0.39, 0.29) is 10.8 Å². The van der Waals surface area contributed by atoms with Gasteiger partial charge in [-0.05, 0) is 36.8 Å². The van der Waals surface area contributed by atoms with Crippen LogP contribution in [0.25, 0.3) is 0 Å². The molecule has 0 radical (unpaired) electrons. The zero-order chi connectivity index (χ0) is 13.1. The summed E-state index contributed by atoms with van der Waals surface area (Å²) >= 11 is 4.84. The van der Waals surface area contributed by atoms with Gasteiger partial charge in [-0.3, -0.25) is 4.98 Å². The van der Waals surface area contributed by atoms with Crippen LogP contribution in [0.5, 0.6) is 0 Å². The largest absolute Gasteiger partial charge is 0.388 e. The number of thiocarbonyl (C=S) groups is 1. The van der Waals surface area contributed by atoms with Gasteiger partial charge in [-0.2, -0.15) is 0 Å². The van der Waals surface area contributed by atoms with Crippen molar-refractivity contribution in [2.45, 2.75) is 6.92 Å². The Hall–Kier alpha value is -2.01. The zero-order valence-electron chi connectivity index (χ0n) is 9.77. The van der Waals surface area contributed by atoms with Crippen molar-refractivity contribution in [1.29, 1.82) is 0 Å². The normalized spacial score (nSPS) is 10.1. The molecule has 3 nitrogen and oxygen atoms in total. The number of halogens is 1. The summed E-state index contributed by atoms with van der Waals surface area (Å²) in [6.07, 6.45) is 1.57. The first kappa shape index (κ1) is 12.4. The minimum Gasteiger partial charge on any atom is -0.388 e. The van der Waals surface area contributed by atoms with Gasteiger partial charge >= 0.3 is 0 Å². The van der Waals surface area contributed by atoms with Crippen LogP contribution in [0.3, 0.4) is 0 Å². The standard InChI is InChI=1S/C13H12FN3S/c1-8-2-3-11(10(14)6-8)17-9-4-5-16-12(7-9)13(15)18/h2-7H,1H3,(H2,15,18)(H,16,17). The highest BCUT2D eigenvalue weighted by atomic mass is 32.1. The maximum atomic E-state index is 13.7. The lowest BCUT2D eigenvalue weighted by atomic mass is 10.2. The summed E-state index contributed by atoms with van der Waals surface area (Å²) in [7, 11) is 0. The Morgan fingerprint density at radius 1 is 1.33 bits per heavy atom. The van der Waals surface area contributed by atoms with E-state index in [9.17, 15) is 4.39 Å². The summed E-state index contributed by atoms with van der Waals surface area (Å²) in [5, 5.41) is 2.96. The van der Waals surface area contributed by atoms with Crippen molar-refractivity contribution < 1.29 is 4.39 Å². The van der Waals surface area contributed by atoms with Crippen molar-refractivity contribution in [3.63, 3.8) is 0 Å². The summed E-state index contributed by atoms with van der Waals surface area (Å²) < 4.78 is 13.7. The molecule has 0 amide bonds. The average molecular weight is 261 g/mol. The first-order valence-corrected chi connectivity index (χ1v) is 5.76. The maximum absolute atomic E-state index is 13.7. The molecule has 0 aliphatic heterocycles. The van der Waals surface area contributed by atoms with Crippen molar-refractivity contribution in [2.24, 2.45) is 5.73 Å². The second kappa shape index (κ2) is 5.10. The van der Waals surface area contributed by atoms with Crippen LogP contribution in [0, 0.1) is 12.7 Å². The number of nitrogens with one attached hydrogen (secondary N) is 1. The summed E-state index contributed by atoms with van der Waals surface area (Å²) in [5.74, 6) is -0.302. The molecule has 2 rings (SSSR count). The number of benzene rings is 1. The van der Waals surface area contributed by atoms with Crippen molar-refractivity contribution in [2.75, 3.05) is 5.32 Å². The van der Waals surface area contributed by atoms with Crippen LogP contribution in [-0.4, -0.2) is 9.97 Å². The van der Waals surface area contributed by atoms with Crippen LogP contribution in [-0.2, 0) is 0 Å². The summed E-state index contributed by atoms with van der Waals surface area (Å²) in [5.41, 5.74) is 7.96. The average Bonchev–Trinajstić information content (AvgIpc) is 2.33. The van der Waals surface area contributed by atoms with E-state index in [1.165, 1.54) is 6.07 Å². The van der Waals surface area contributed by atoms with Crippen molar-refractivity contribution in [1.82, 2.24) is 4.98 Å². The Balaban J connectivity index is 2.28. The van der Waals surface area contributed by atoms with Crippen LogP contribution >= 0.6 is 12.2 Å². The highest BCUT2D eigenvalue weighted by Gasteiger charge is 2.04. The third-order valence-electron chi connectivity index (χ3n) is 2.42. The van der Waals surface area contributed by atoms with Gasteiger partial charge in [-0.1, -0.05) is 18.3 Å². The highest BCUT2D eigenvalue weighted by molar-refractivity contribution is 7.80. The molecule has 18 heavy (non-hydrogen) atoms. The molecule has 0 saturated heterocycles. The van der Waals surface area contributed by atoms with E-state index in [1.807, 2.05) is 13.0 Å². The van der Waals surface area contributed by atoms with Crippen molar-refractivity contribution in [3.8, 4) is 0 Å². The number of anilines is 2. The molecule has 2 aromatic rings. The van der Waals surface area contributed by atoms with Crippen LogP contribution in [0.1, 0.15) is 11.3 Å². The zero-order valence-corrected chi connectivity index (χ0v) is 10.6. The Morgan fingerprint density at radius 3 is 2.78 bits per heavy atom. The summed E-state index contributed by atoms with van der Waals surface area (Å²) in [4.78, 5) is 4.23. The lowest BCUT2D eigenvalue weighted by molar-refractivity contribution is 0.631. The predicted octanol–water partition coefficient (Wildman–Crippen LogP) is 2.91. The Kier molecular flexibility index (Phi) is 3.53. The van der Waals surface area contributed by atoms with Gasteiger partial charge in [0.15, 0.2) is 0 Å². The highest BCUT2D eigenvalue weighted by Crippen LogP contribution is 2.20. The summed E-state index contributed by atoms with van der Waals surface area (Å²) in [6, 6.07) is 8.40. The quantitative estimate of drug-likeness (QED) is 0.834. The molecule has 0 fully saturated rings. The second-order valence-electron chi connectivity index (χ2n) is 3.90. The molecular formula is C13H12FN3S. The van der Waals surface area contributed by atoms with Gasteiger partial charge in [-0.25, -0.2) is 4.39 Å². The van der Waals surface area contributed by atoms with E-state index in [0.29, 0.717) is 17.1 Å². The Labute approximate surface area is 110 Å². The van der Waals surface area contributed by atoms with Gasteiger partial charge in [0.25, 0.3) is 0 Å². The fraction of sp³-hybridized carbons (Fsp3) is 0.0769. The van der Waals surface area contributed by atoms with Crippen molar-refractivity contribution >= 4 is 28.6 Å². The number of aryl methyl sites for hydroxylation is 1. The smallest absolute Gasteiger partial charge is 0.146 e. The predicted molar refractivity (Wildman–Crippen MR) is 74.5 cm³/mol. The molecule has 0 spiro atoms. The molecular weight excluding hydrogens is 249 g/mol. The second-order valence-corrected chi connectivity index (χ2v) is 4.34. The number of hydrogen-bond donors (Lipinski definition) is 2. The molecule has 0 bridgehead atoms. The van der Waals surface area contributed by atoms with Crippen molar-refractivity contribution in [3.05, 3.63) is 53.6 Å². The van der Waals surface area contributed by atoms with Crippen LogP contribution < -0.4 is 11.1 Å².